The first-order valence-corrected chi connectivity index (χ1v) is 4.55. The summed E-state index contributed by atoms with van der Waals surface area (Å²) in [6, 6.07) is 3.23. The van der Waals surface area contributed by atoms with Crippen LogP contribution in [-0.2, 0) is 4.79 Å². The lowest BCUT2D eigenvalue weighted by Crippen LogP contribution is -1.79. The molecule has 0 aliphatic heterocycles. The van der Waals surface area contributed by atoms with Gasteiger partial charge in [0.1, 0.15) is 6.29 Å². The van der Waals surface area contributed by atoms with E-state index in [1.165, 1.54) is 12.2 Å². The Morgan fingerprint density at radius 2 is 1.69 bits per heavy atom. The van der Waals surface area contributed by atoms with Crippen LogP contribution in [-0.4, -0.2) is 6.29 Å². The van der Waals surface area contributed by atoms with Gasteiger partial charge in [0.15, 0.2) is 0 Å². The summed E-state index contributed by atoms with van der Waals surface area (Å²) < 4.78 is 0. The number of benzene rings is 1. The van der Waals surface area contributed by atoms with Crippen molar-refractivity contribution in [3.8, 4) is 0 Å². The molecule has 0 fully saturated rings. The summed E-state index contributed by atoms with van der Waals surface area (Å²) in [7, 11) is 0. The first-order valence-electron chi connectivity index (χ1n) is 3.42. The minimum atomic E-state index is 0.354. The minimum Gasteiger partial charge on any atom is -0.299 e. The number of carbonyl (C=O) groups is 1. The molecular formula is C9H5Cl3O. The average Bonchev–Trinajstić information content (AvgIpc) is 2.12. The van der Waals surface area contributed by atoms with Crippen molar-refractivity contribution in [1.29, 1.82) is 0 Å². The van der Waals surface area contributed by atoms with Crippen molar-refractivity contribution in [1.82, 2.24) is 0 Å². The van der Waals surface area contributed by atoms with E-state index in [1.807, 2.05) is 0 Å². The molecule has 0 amide bonds. The molecule has 0 bridgehead atoms. The van der Waals surface area contributed by atoms with Crippen LogP contribution in [0.3, 0.4) is 0 Å². The monoisotopic (exact) mass is 234 g/mol. The van der Waals surface area contributed by atoms with Crippen LogP contribution < -0.4 is 0 Å². The van der Waals surface area contributed by atoms with E-state index in [4.69, 9.17) is 34.8 Å². The molecule has 68 valence electrons. The van der Waals surface area contributed by atoms with Gasteiger partial charge in [-0.05, 0) is 24.3 Å². The quantitative estimate of drug-likeness (QED) is 0.432. The fourth-order valence-electron chi connectivity index (χ4n) is 0.831. The maximum Gasteiger partial charge on any atom is 0.142 e. The molecule has 0 heterocycles. The van der Waals surface area contributed by atoms with E-state index < -0.39 is 0 Å². The van der Waals surface area contributed by atoms with Gasteiger partial charge in [-0.25, -0.2) is 0 Å². The maximum atomic E-state index is 10.1. The predicted molar refractivity (Wildman–Crippen MR) is 56.6 cm³/mol. The lowest BCUT2D eigenvalue weighted by Gasteiger charge is -2.02. The number of halogens is 3. The Labute approximate surface area is 90.9 Å². The lowest BCUT2D eigenvalue weighted by molar-refractivity contribution is -0.104. The first kappa shape index (κ1) is 10.6. The van der Waals surface area contributed by atoms with Gasteiger partial charge in [0.05, 0.1) is 10.0 Å². The topological polar surface area (TPSA) is 17.1 Å². The van der Waals surface area contributed by atoms with Crippen molar-refractivity contribution in [2.45, 2.75) is 0 Å². The maximum absolute atomic E-state index is 10.1. The van der Waals surface area contributed by atoms with Gasteiger partial charge in [-0.1, -0.05) is 34.8 Å². The molecule has 0 unspecified atom stereocenters. The second kappa shape index (κ2) is 4.66. The first-order chi connectivity index (χ1) is 6.16. The molecule has 0 aliphatic rings. The van der Waals surface area contributed by atoms with Crippen molar-refractivity contribution in [3.63, 3.8) is 0 Å². The van der Waals surface area contributed by atoms with Gasteiger partial charge in [0.25, 0.3) is 0 Å². The van der Waals surface area contributed by atoms with Gasteiger partial charge in [-0.2, -0.15) is 0 Å². The van der Waals surface area contributed by atoms with Crippen LogP contribution in [0.2, 0.25) is 15.1 Å². The average molecular weight is 235 g/mol. The molecule has 0 atom stereocenters. The number of carbonyl (C=O) groups excluding carboxylic acids is 1. The molecule has 1 aromatic rings. The SMILES string of the molecule is O=C/C=C/c1c(Cl)ccc(Cl)c1Cl. The van der Waals surface area contributed by atoms with E-state index in [2.05, 4.69) is 0 Å². The summed E-state index contributed by atoms with van der Waals surface area (Å²) in [5.74, 6) is 0. The van der Waals surface area contributed by atoms with Gasteiger partial charge in [-0.15, -0.1) is 0 Å². The van der Waals surface area contributed by atoms with Crippen molar-refractivity contribution >= 4 is 47.2 Å². The van der Waals surface area contributed by atoms with Crippen LogP contribution in [0.5, 0.6) is 0 Å². The molecule has 0 aliphatic carbocycles. The molecule has 1 rings (SSSR count). The number of aldehydes is 1. The van der Waals surface area contributed by atoms with Gasteiger partial charge < -0.3 is 0 Å². The summed E-state index contributed by atoms with van der Waals surface area (Å²) in [5.41, 5.74) is 0.558. The fraction of sp³-hybridized carbons (Fsp3) is 0. The zero-order valence-electron chi connectivity index (χ0n) is 6.43. The Hall–Kier alpha value is -0.500. The van der Waals surface area contributed by atoms with Gasteiger partial charge in [0, 0.05) is 10.6 Å². The highest BCUT2D eigenvalue weighted by molar-refractivity contribution is 6.44. The summed E-state index contributed by atoms with van der Waals surface area (Å²) in [6.45, 7) is 0. The Morgan fingerprint density at radius 3 is 2.31 bits per heavy atom. The van der Waals surface area contributed by atoms with Crippen molar-refractivity contribution in [3.05, 3.63) is 38.8 Å². The minimum absolute atomic E-state index is 0.354. The lowest BCUT2D eigenvalue weighted by atomic mass is 10.2. The highest BCUT2D eigenvalue weighted by atomic mass is 35.5. The molecule has 1 aromatic carbocycles. The summed E-state index contributed by atoms with van der Waals surface area (Å²) in [5, 5.41) is 1.23. The van der Waals surface area contributed by atoms with E-state index in [1.54, 1.807) is 12.1 Å². The third kappa shape index (κ3) is 2.47. The zero-order valence-corrected chi connectivity index (χ0v) is 8.70. The van der Waals surface area contributed by atoms with Crippen molar-refractivity contribution < 1.29 is 4.79 Å². The molecular weight excluding hydrogens is 230 g/mol. The molecule has 4 heteroatoms. The Bertz CT molecular complexity index is 358. The van der Waals surface area contributed by atoms with E-state index >= 15 is 0 Å². The third-order valence-corrected chi connectivity index (χ3v) is 2.57. The van der Waals surface area contributed by atoms with E-state index in [0.29, 0.717) is 26.9 Å². The molecule has 0 radical (unpaired) electrons. The molecule has 0 aromatic heterocycles. The number of hydrogen-bond acceptors (Lipinski definition) is 1. The molecule has 13 heavy (non-hydrogen) atoms. The second-order valence-electron chi connectivity index (χ2n) is 2.25. The Kier molecular flexibility index (Phi) is 3.79. The largest absolute Gasteiger partial charge is 0.299 e. The summed E-state index contributed by atoms with van der Waals surface area (Å²) in [4.78, 5) is 10.1. The van der Waals surface area contributed by atoms with Crippen LogP contribution >= 0.6 is 34.8 Å². The molecule has 0 spiro atoms. The van der Waals surface area contributed by atoms with Crippen molar-refractivity contribution in [2.75, 3.05) is 0 Å². The number of rotatable bonds is 2. The Morgan fingerprint density at radius 1 is 1.08 bits per heavy atom. The Balaban J connectivity index is 3.25. The third-order valence-electron chi connectivity index (χ3n) is 1.42. The summed E-state index contributed by atoms with van der Waals surface area (Å²) in [6.07, 6.45) is 3.47. The molecule has 0 saturated heterocycles. The van der Waals surface area contributed by atoms with Gasteiger partial charge in [-0.3, -0.25) is 4.79 Å². The normalized spacial score (nSPS) is 10.7. The van der Waals surface area contributed by atoms with Crippen LogP contribution in [0.4, 0.5) is 0 Å². The van der Waals surface area contributed by atoms with Crippen LogP contribution in [0, 0.1) is 0 Å². The molecule has 0 N–H and O–H groups in total. The van der Waals surface area contributed by atoms with E-state index in [-0.39, 0.29) is 0 Å². The molecule has 1 nitrogen and oxygen atoms in total. The zero-order chi connectivity index (χ0) is 9.84. The standard InChI is InChI=1S/C9H5Cl3O/c10-7-3-4-8(11)9(12)6(7)2-1-5-13/h1-5H/b2-1+. The van der Waals surface area contributed by atoms with Gasteiger partial charge in [0.2, 0.25) is 0 Å². The number of hydrogen-bond donors (Lipinski definition) is 0. The fourth-order valence-corrected chi connectivity index (χ4v) is 1.49. The summed E-state index contributed by atoms with van der Waals surface area (Å²) >= 11 is 17.4. The van der Waals surface area contributed by atoms with Crippen LogP contribution in [0.15, 0.2) is 18.2 Å². The van der Waals surface area contributed by atoms with E-state index in [0.717, 1.165) is 0 Å². The van der Waals surface area contributed by atoms with Crippen molar-refractivity contribution in [2.24, 2.45) is 0 Å². The number of allylic oxidation sites excluding steroid dienone is 1. The molecule has 0 saturated carbocycles. The van der Waals surface area contributed by atoms with Crippen LogP contribution in [0.1, 0.15) is 5.56 Å². The van der Waals surface area contributed by atoms with Gasteiger partial charge >= 0.3 is 0 Å². The highest BCUT2D eigenvalue weighted by Gasteiger charge is 2.05. The van der Waals surface area contributed by atoms with Crippen LogP contribution in [0.25, 0.3) is 6.08 Å². The highest BCUT2D eigenvalue weighted by Crippen LogP contribution is 2.32. The van der Waals surface area contributed by atoms with E-state index in [9.17, 15) is 4.79 Å². The smallest absolute Gasteiger partial charge is 0.142 e. The predicted octanol–water partition coefficient (Wildman–Crippen LogP) is 3.86. The second-order valence-corrected chi connectivity index (χ2v) is 3.44.